The van der Waals surface area contributed by atoms with Gasteiger partial charge in [-0.2, -0.15) is 0 Å². The predicted molar refractivity (Wildman–Crippen MR) is 97.1 cm³/mol. The molecule has 3 aromatic rings. The van der Waals surface area contributed by atoms with Crippen molar-refractivity contribution in [3.05, 3.63) is 46.4 Å². The lowest BCUT2D eigenvalue weighted by Gasteiger charge is -2.26. The Morgan fingerprint density at radius 3 is 2.96 bits per heavy atom. The number of carbonyl (C=O) groups excluding carboxylic acids is 1. The molecule has 0 spiro atoms. The number of fused-ring (bicyclic) bond motifs is 1. The second kappa shape index (κ2) is 7.01. The number of hydrogen-bond donors (Lipinski definition) is 3. The number of nitrogens with one attached hydrogen (secondary N) is 3. The first kappa shape index (κ1) is 16.9. The summed E-state index contributed by atoms with van der Waals surface area (Å²) in [6, 6.07) is 7.42. The van der Waals surface area contributed by atoms with Crippen LogP contribution >= 0.6 is 11.6 Å². The molecule has 3 heterocycles. The first-order valence-corrected chi connectivity index (χ1v) is 8.83. The van der Waals surface area contributed by atoms with Crippen molar-refractivity contribution in [2.75, 3.05) is 6.54 Å². The maximum absolute atomic E-state index is 11.9. The van der Waals surface area contributed by atoms with E-state index < -0.39 is 0 Å². The van der Waals surface area contributed by atoms with E-state index in [9.17, 15) is 4.79 Å². The fraction of sp³-hybridized carbons (Fsp3) is 0.333. The van der Waals surface area contributed by atoms with Crippen LogP contribution in [-0.4, -0.2) is 28.6 Å². The Balaban J connectivity index is 1.44. The molecule has 0 bridgehead atoms. The molecule has 1 atom stereocenters. The molecule has 136 valence electrons. The zero-order chi connectivity index (χ0) is 18.1. The molecule has 4 rings (SSSR count). The van der Waals surface area contributed by atoms with Crippen LogP contribution in [0.1, 0.15) is 23.6 Å². The Labute approximate surface area is 155 Å². The lowest BCUT2D eigenvalue weighted by molar-refractivity contribution is -0.124. The second-order valence-electron chi connectivity index (χ2n) is 6.40. The van der Waals surface area contributed by atoms with Crippen LogP contribution in [-0.2, 0) is 17.9 Å². The number of nitrogens with zero attached hydrogens (tertiary/aromatic N) is 1. The maximum atomic E-state index is 11.9. The molecule has 0 aliphatic carbocycles. The highest BCUT2D eigenvalue weighted by Crippen LogP contribution is 2.31. The Bertz CT molecular complexity index is 945. The zero-order valence-electron chi connectivity index (χ0n) is 14.3. The van der Waals surface area contributed by atoms with Crippen molar-refractivity contribution in [3.63, 3.8) is 0 Å². The molecule has 8 heteroatoms. The summed E-state index contributed by atoms with van der Waals surface area (Å²) < 4.78 is 10.9. The van der Waals surface area contributed by atoms with Gasteiger partial charge < -0.3 is 24.9 Å². The largest absolute Gasteiger partial charge is 0.484 e. The summed E-state index contributed by atoms with van der Waals surface area (Å²) in [5.41, 5.74) is 2.61. The summed E-state index contributed by atoms with van der Waals surface area (Å²) in [6.45, 7) is 3.45. The molecule has 1 aliphatic heterocycles. The number of halogens is 1. The highest BCUT2D eigenvalue weighted by molar-refractivity contribution is 6.32. The highest BCUT2D eigenvalue weighted by Gasteiger charge is 2.24. The standard InChI is InChI=1S/C18H19ClN4O3/c1-10-4-13(26-23-10)9-25-17-7-16-11(6-14(17)19)5-12(22-16)8-21-18(24)15-2-3-20-15/h4-7,15,20,22H,2-3,8-9H2,1H3,(H,21,24)/t15-/m1/s1. The van der Waals surface area contributed by atoms with Gasteiger partial charge >= 0.3 is 0 Å². The van der Waals surface area contributed by atoms with Gasteiger partial charge in [-0.05, 0) is 32.0 Å². The van der Waals surface area contributed by atoms with Crippen LogP contribution in [0.3, 0.4) is 0 Å². The third-order valence-electron chi connectivity index (χ3n) is 4.37. The third kappa shape index (κ3) is 3.54. The Morgan fingerprint density at radius 2 is 2.27 bits per heavy atom. The number of aromatic amines is 1. The van der Waals surface area contributed by atoms with Crippen molar-refractivity contribution in [1.29, 1.82) is 0 Å². The van der Waals surface area contributed by atoms with Crippen molar-refractivity contribution in [2.45, 2.75) is 32.5 Å². The van der Waals surface area contributed by atoms with E-state index in [-0.39, 0.29) is 18.6 Å². The van der Waals surface area contributed by atoms with Crippen LogP contribution < -0.4 is 15.4 Å². The SMILES string of the molecule is Cc1cc(COc2cc3[nH]c(CNC(=O)[C@H]4CCN4)cc3cc2Cl)on1. The van der Waals surface area contributed by atoms with E-state index in [1.54, 1.807) is 0 Å². The third-order valence-corrected chi connectivity index (χ3v) is 4.66. The first-order chi connectivity index (χ1) is 12.6. The minimum absolute atomic E-state index is 0.0271. The number of amides is 1. The molecule has 0 saturated carbocycles. The Hall–Kier alpha value is -2.51. The molecular weight excluding hydrogens is 356 g/mol. The van der Waals surface area contributed by atoms with Crippen molar-refractivity contribution >= 4 is 28.4 Å². The first-order valence-electron chi connectivity index (χ1n) is 8.46. The predicted octanol–water partition coefficient (Wildman–Crippen LogP) is 2.67. The summed E-state index contributed by atoms with van der Waals surface area (Å²) in [6.07, 6.45) is 0.888. The van der Waals surface area contributed by atoms with E-state index in [1.807, 2.05) is 31.2 Å². The molecule has 1 saturated heterocycles. The Kier molecular flexibility index (Phi) is 4.57. The lowest BCUT2D eigenvalue weighted by Crippen LogP contribution is -2.52. The number of benzene rings is 1. The summed E-state index contributed by atoms with van der Waals surface area (Å²) in [5, 5.41) is 11.3. The number of aryl methyl sites for hydroxylation is 1. The van der Waals surface area contributed by atoms with Gasteiger partial charge in [-0.1, -0.05) is 16.8 Å². The number of hydrogen-bond acceptors (Lipinski definition) is 5. The summed E-state index contributed by atoms with van der Waals surface area (Å²) in [5.74, 6) is 1.22. The number of aromatic nitrogens is 2. The van der Waals surface area contributed by atoms with Crippen LogP contribution in [0.15, 0.2) is 28.8 Å². The monoisotopic (exact) mass is 374 g/mol. The average molecular weight is 375 g/mol. The quantitative estimate of drug-likeness (QED) is 0.617. The van der Waals surface area contributed by atoms with E-state index in [2.05, 4.69) is 20.8 Å². The van der Waals surface area contributed by atoms with Gasteiger partial charge in [0.2, 0.25) is 5.91 Å². The molecule has 1 aromatic carbocycles. The van der Waals surface area contributed by atoms with Gasteiger partial charge in [0.15, 0.2) is 5.76 Å². The van der Waals surface area contributed by atoms with E-state index in [0.717, 1.165) is 35.3 Å². The minimum atomic E-state index is -0.0615. The topological polar surface area (TPSA) is 92.2 Å². The number of ether oxygens (including phenoxy) is 1. The highest BCUT2D eigenvalue weighted by atomic mass is 35.5. The van der Waals surface area contributed by atoms with Gasteiger partial charge in [0.05, 0.1) is 23.3 Å². The van der Waals surface area contributed by atoms with Gasteiger partial charge in [0.1, 0.15) is 12.4 Å². The van der Waals surface area contributed by atoms with E-state index in [0.29, 0.717) is 23.1 Å². The molecule has 1 fully saturated rings. The number of H-pyrrole nitrogens is 1. The summed E-state index contributed by atoms with van der Waals surface area (Å²) >= 11 is 6.32. The van der Waals surface area contributed by atoms with Gasteiger partial charge in [-0.25, -0.2) is 0 Å². The molecule has 26 heavy (non-hydrogen) atoms. The van der Waals surface area contributed by atoms with Crippen LogP contribution in [0, 0.1) is 6.92 Å². The smallest absolute Gasteiger partial charge is 0.237 e. The van der Waals surface area contributed by atoms with Crippen LogP contribution in [0.25, 0.3) is 10.9 Å². The van der Waals surface area contributed by atoms with Crippen LogP contribution in [0.5, 0.6) is 5.75 Å². The van der Waals surface area contributed by atoms with Gasteiger partial charge in [0, 0.05) is 28.7 Å². The fourth-order valence-corrected chi connectivity index (χ4v) is 3.08. The van der Waals surface area contributed by atoms with Crippen molar-refractivity contribution in [3.8, 4) is 5.75 Å². The van der Waals surface area contributed by atoms with Gasteiger partial charge in [-0.15, -0.1) is 0 Å². The molecule has 1 aliphatic rings. The van der Waals surface area contributed by atoms with E-state index in [1.165, 1.54) is 0 Å². The fourth-order valence-electron chi connectivity index (χ4n) is 2.85. The second-order valence-corrected chi connectivity index (χ2v) is 6.81. The molecule has 3 N–H and O–H groups in total. The van der Waals surface area contributed by atoms with E-state index >= 15 is 0 Å². The summed E-state index contributed by atoms with van der Waals surface area (Å²) in [7, 11) is 0. The Morgan fingerprint density at radius 1 is 1.42 bits per heavy atom. The normalized spacial score (nSPS) is 16.5. The minimum Gasteiger partial charge on any atom is -0.484 e. The molecule has 1 amide bonds. The lowest BCUT2D eigenvalue weighted by atomic mass is 10.1. The zero-order valence-corrected chi connectivity index (χ0v) is 15.0. The van der Waals surface area contributed by atoms with Crippen molar-refractivity contribution in [1.82, 2.24) is 20.8 Å². The molecule has 2 aromatic heterocycles. The van der Waals surface area contributed by atoms with Crippen molar-refractivity contribution in [2.24, 2.45) is 0 Å². The van der Waals surface area contributed by atoms with Crippen molar-refractivity contribution < 1.29 is 14.1 Å². The molecule has 7 nitrogen and oxygen atoms in total. The number of carbonyl (C=O) groups is 1. The molecular formula is C18H19ClN4O3. The van der Waals surface area contributed by atoms with Gasteiger partial charge in [0.25, 0.3) is 0 Å². The van der Waals surface area contributed by atoms with E-state index in [4.69, 9.17) is 20.9 Å². The van der Waals surface area contributed by atoms with Gasteiger partial charge in [-0.3, -0.25) is 4.79 Å². The summed E-state index contributed by atoms with van der Waals surface area (Å²) in [4.78, 5) is 15.2. The average Bonchev–Trinajstić information content (AvgIpc) is 3.14. The van der Waals surface area contributed by atoms with Crippen LogP contribution in [0.2, 0.25) is 5.02 Å². The molecule has 0 radical (unpaired) electrons. The maximum Gasteiger partial charge on any atom is 0.237 e. The number of rotatable bonds is 6. The van der Waals surface area contributed by atoms with Crippen LogP contribution in [0.4, 0.5) is 0 Å². The molecule has 0 unspecified atom stereocenters.